The predicted molar refractivity (Wildman–Crippen MR) is 93.1 cm³/mol. The maximum atomic E-state index is 12.5. The van der Waals surface area contributed by atoms with Crippen molar-refractivity contribution in [3.63, 3.8) is 0 Å². The van der Waals surface area contributed by atoms with E-state index >= 15 is 0 Å². The minimum atomic E-state index is 0.0712. The molecule has 1 aliphatic carbocycles. The molecule has 3 nitrogen and oxygen atoms in total. The summed E-state index contributed by atoms with van der Waals surface area (Å²) in [6, 6.07) is 8.81. The van der Waals surface area contributed by atoms with Crippen molar-refractivity contribution in [1.29, 1.82) is 0 Å². The van der Waals surface area contributed by atoms with Crippen LogP contribution in [0.5, 0.6) is 0 Å². The Kier molecular flexibility index (Phi) is 2.72. The van der Waals surface area contributed by atoms with Crippen LogP contribution >= 0.6 is 23.5 Å². The molecule has 3 heterocycles. The van der Waals surface area contributed by atoms with Gasteiger partial charge < -0.3 is 9.88 Å². The molecule has 114 valence electrons. The Balaban J connectivity index is 1.84. The maximum absolute atomic E-state index is 12.5. The first-order valence-electron chi connectivity index (χ1n) is 7.85. The van der Waals surface area contributed by atoms with Crippen molar-refractivity contribution in [2.75, 3.05) is 18.6 Å². The van der Waals surface area contributed by atoms with E-state index in [1.807, 2.05) is 11.9 Å². The van der Waals surface area contributed by atoms with Gasteiger partial charge in [-0.15, -0.1) is 23.5 Å². The standard InChI is InChI=1S/C17H18N2OS2/c1-19-13-8-10(9-14(19)20)17(21-6-7-22-17)16-15(13)11-4-2-3-5-12(11)18-16/h2-5,10,13,18H,6-9H2,1H3/t10-,13-/m1/s1. The number of aromatic amines is 1. The molecule has 1 spiro atoms. The molecule has 5 rings (SSSR count). The van der Waals surface area contributed by atoms with Crippen LogP contribution in [0.4, 0.5) is 0 Å². The van der Waals surface area contributed by atoms with Gasteiger partial charge in [0.05, 0.1) is 6.04 Å². The van der Waals surface area contributed by atoms with Crippen LogP contribution in [0.15, 0.2) is 24.3 Å². The Morgan fingerprint density at radius 3 is 2.86 bits per heavy atom. The number of carbonyl (C=O) groups is 1. The van der Waals surface area contributed by atoms with Crippen molar-refractivity contribution >= 4 is 40.3 Å². The average Bonchev–Trinajstić information content (AvgIpc) is 3.14. The summed E-state index contributed by atoms with van der Waals surface area (Å²) in [5.74, 6) is 3.14. The number of nitrogens with zero attached hydrogens (tertiary/aromatic N) is 1. The normalized spacial score (nSPS) is 29.3. The number of likely N-dealkylation sites (tertiary alicyclic amines) is 1. The summed E-state index contributed by atoms with van der Waals surface area (Å²) >= 11 is 4.11. The molecule has 1 aromatic carbocycles. The summed E-state index contributed by atoms with van der Waals surface area (Å²) in [6.45, 7) is 0. The number of benzene rings is 1. The highest BCUT2D eigenvalue weighted by molar-refractivity contribution is 8.20. The van der Waals surface area contributed by atoms with Crippen LogP contribution < -0.4 is 0 Å². The minimum absolute atomic E-state index is 0.0712. The summed E-state index contributed by atoms with van der Waals surface area (Å²) in [5, 5.41) is 1.30. The van der Waals surface area contributed by atoms with Crippen LogP contribution in [0.25, 0.3) is 10.9 Å². The lowest BCUT2D eigenvalue weighted by molar-refractivity contribution is -0.137. The number of aromatic nitrogens is 1. The third-order valence-electron chi connectivity index (χ3n) is 5.47. The first kappa shape index (κ1) is 13.4. The van der Waals surface area contributed by atoms with Crippen LogP contribution in [-0.2, 0) is 8.87 Å². The number of hydrogen-bond acceptors (Lipinski definition) is 3. The fourth-order valence-electron chi connectivity index (χ4n) is 4.44. The lowest BCUT2D eigenvalue weighted by atomic mass is 9.77. The van der Waals surface area contributed by atoms with E-state index in [0.717, 1.165) is 6.42 Å². The molecule has 2 aromatic rings. The van der Waals surface area contributed by atoms with E-state index in [1.54, 1.807) is 0 Å². The van der Waals surface area contributed by atoms with Gasteiger partial charge in [0.2, 0.25) is 5.91 Å². The first-order chi connectivity index (χ1) is 10.7. The van der Waals surface area contributed by atoms with Crippen LogP contribution in [0.2, 0.25) is 0 Å². The van der Waals surface area contributed by atoms with E-state index in [9.17, 15) is 4.79 Å². The minimum Gasteiger partial charge on any atom is -0.356 e. The lowest BCUT2D eigenvalue weighted by Gasteiger charge is -2.49. The molecule has 1 N–H and O–H groups in total. The largest absolute Gasteiger partial charge is 0.356 e. The molecule has 2 fully saturated rings. The summed E-state index contributed by atoms with van der Waals surface area (Å²) < 4.78 is 0.0712. The smallest absolute Gasteiger partial charge is 0.223 e. The number of hydrogen-bond donors (Lipinski definition) is 1. The van der Waals surface area contributed by atoms with Crippen LogP contribution in [0.1, 0.15) is 30.1 Å². The van der Waals surface area contributed by atoms with E-state index < -0.39 is 0 Å². The number of H-pyrrole nitrogens is 1. The molecule has 0 unspecified atom stereocenters. The predicted octanol–water partition coefficient (Wildman–Crippen LogP) is 3.72. The topological polar surface area (TPSA) is 36.1 Å². The SMILES string of the molecule is CN1C(=O)C[C@H]2C[C@@H]1c1c([nH]c3ccccc13)C21SCCS1. The second kappa shape index (κ2) is 4.48. The van der Waals surface area contributed by atoms with Gasteiger partial charge >= 0.3 is 0 Å². The zero-order valence-corrected chi connectivity index (χ0v) is 14.1. The van der Waals surface area contributed by atoms with E-state index in [4.69, 9.17) is 0 Å². The molecule has 22 heavy (non-hydrogen) atoms. The third kappa shape index (κ3) is 1.54. The van der Waals surface area contributed by atoms with Crippen LogP contribution in [0, 0.1) is 5.92 Å². The molecule has 0 saturated carbocycles. The molecular formula is C17H18N2OS2. The Labute approximate surface area is 138 Å². The van der Waals surface area contributed by atoms with Gasteiger partial charge in [0.25, 0.3) is 0 Å². The van der Waals surface area contributed by atoms with Gasteiger partial charge in [-0.1, -0.05) is 18.2 Å². The summed E-state index contributed by atoms with van der Waals surface area (Å²) in [4.78, 5) is 18.2. The van der Waals surface area contributed by atoms with Crippen LogP contribution in [0.3, 0.4) is 0 Å². The first-order valence-corrected chi connectivity index (χ1v) is 9.82. The molecule has 2 aliphatic heterocycles. The number of fused-ring (bicyclic) bond motifs is 8. The second-order valence-corrected chi connectivity index (χ2v) is 9.42. The molecule has 1 aromatic heterocycles. The van der Waals surface area contributed by atoms with Gasteiger partial charge in [0.1, 0.15) is 4.08 Å². The molecule has 2 bridgehead atoms. The number of amides is 1. The van der Waals surface area contributed by atoms with Crippen molar-refractivity contribution in [1.82, 2.24) is 9.88 Å². The van der Waals surface area contributed by atoms with Crippen molar-refractivity contribution in [3.05, 3.63) is 35.5 Å². The van der Waals surface area contributed by atoms with Gasteiger partial charge in [-0.3, -0.25) is 4.79 Å². The highest BCUT2D eigenvalue weighted by Gasteiger charge is 2.55. The van der Waals surface area contributed by atoms with E-state index in [-0.39, 0.29) is 10.1 Å². The summed E-state index contributed by atoms with van der Waals surface area (Å²) in [6.07, 6.45) is 1.80. The Morgan fingerprint density at radius 2 is 2.05 bits per heavy atom. The molecular weight excluding hydrogens is 312 g/mol. The van der Waals surface area contributed by atoms with Gasteiger partial charge in [-0.05, 0) is 18.4 Å². The van der Waals surface area contributed by atoms with E-state index in [1.165, 1.54) is 33.7 Å². The molecule has 2 atom stereocenters. The maximum Gasteiger partial charge on any atom is 0.223 e. The van der Waals surface area contributed by atoms with Gasteiger partial charge in [-0.2, -0.15) is 0 Å². The van der Waals surface area contributed by atoms with Gasteiger partial charge in [-0.25, -0.2) is 0 Å². The van der Waals surface area contributed by atoms with E-state index in [0.29, 0.717) is 18.2 Å². The number of nitrogens with one attached hydrogen (secondary N) is 1. The molecule has 0 radical (unpaired) electrons. The molecule has 1 amide bonds. The van der Waals surface area contributed by atoms with Crippen molar-refractivity contribution in [2.45, 2.75) is 23.0 Å². The highest BCUT2D eigenvalue weighted by Crippen LogP contribution is 2.65. The Hall–Kier alpha value is -1.07. The summed E-state index contributed by atoms with van der Waals surface area (Å²) in [7, 11) is 1.97. The number of thioether (sulfide) groups is 2. The molecule has 2 saturated heterocycles. The fraction of sp³-hybridized carbons (Fsp3) is 0.471. The number of para-hydroxylation sites is 1. The number of piperidine rings is 1. The Morgan fingerprint density at radius 1 is 1.27 bits per heavy atom. The summed E-state index contributed by atoms with van der Waals surface area (Å²) in [5.41, 5.74) is 3.99. The average molecular weight is 330 g/mol. The molecule has 3 aliphatic rings. The van der Waals surface area contributed by atoms with Crippen molar-refractivity contribution < 1.29 is 4.79 Å². The highest BCUT2D eigenvalue weighted by atomic mass is 32.2. The zero-order chi connectivity index (χ0) is 14.9. The van der Waals surface area contributed by atoms with Crippen molar-refractivity contribution in [3.8, 4) is 0 Å². The monoisotopic (exact) mass is 330 g/mol. The van der Waals surface area contributed by atoms with Gasteiger partial charge in [0.15, 0.2) is 0 Å². The lowest BCUT2D eigenvalue weighted by Crippen LogP contribution is -2.47. The Bertz CT molecular complexity index is 778. The van der Waals surface area contributed by atoms with E-state index in [2.05, 4.69) is 52.8 Å². The number of carbonyl (C=O) groups excluding carboxylic acids is 1. The fourth-order valence-corrected chi connectivity index (χ4v) is 7.99. The quantitative estimate of drug-likeness (QED) is 0.800. The van der Waals surface area contributed by atoms with Crippen LogP contribution in [-0.4, -0.2) is 34.3 Å². The van der Waals surface area contributed by atoms with Gasteiger partial charge in [0, 0.05) is 47.1 Å². The van der Waals surface area contributed by atoms with Crippen molar-refractivity contribution in [2.24, 2.45) is 5.92 Å². The number of rotatable bonds is 0. The second-order valence-electron chi connectivity index (χ2n) is 6.48. The molecule has 5 heteroatoms. The zero-order valence-electron chi connectivity index (χ0n) is 12.5. The third-order valence-corrected chi connectivity index (χ3v) is 9.19.